The maximum absolute atomic E-state index is 15.1. The number of allylic oxidation sites excluding steroid dienone is 1. The molecule has 5 heteroatoms. The van der Waals surface area contributed by atoms with Gasteiger partial charge in [0.2, 0.25) is 0 Å². The highest BCUT2D eigenvalue weighted by molar-refractivity contribution is 5.72. The molecular formula is C32H34F4O. The van der Waals surface area contributed by atoms with Crippen molar-refractivity contribution < 1.29 is 22.3 Å². The van der Waals surface area contributed by atoms with Gasteiger partial charge in [-0.3, -0.25) is 0 Å². The van der Waals surface area contributed by atoms with Gasteiger partial charge in [0.25, 0.3) is 0 Å². The van der Waals surface area contributed by atoms with E-state index in [0.29, 0.717) is 25.0 Å². The van der Waals surface area contributed by atoms with Crippen molar-refractivity contribution in [2.45, 2.75) is 64.4 Å². The molecule has 0 aliphatic carbocycles. The third kappa shape index (κ3) is 6.32. The van der Waals surface area contributed by atoms with E-state index in [1.807, 2.05) is 18.2 Å². The van der Waals surface area contributed by atoms with Crippen LogP contribution in [-0.2, 0) is 17.6 Å². The zero-order valence-electron chi connectivity index (χ0n) is 21.3. The maximum atomic E-state index is 15.1. The van der Waals surface area contributed by atoms with E-state index in [1.54, 1.807) is 12.1 Å². The van der Waals surface area contributed by atoms with E-state index in [1.165, 1.54) is 24.3 Å². The molecule has 3 aromatic rings. The molecule has 0 amide bonds. The van der Waals surface area contributed by atoms with Gasteiger partial charge in [-0.2, -0.15) is 0 Å². The number of halogens is 4. The first-order valence-electron chi connectivity index (χ1n) is 13.2. The van der Waals surface area contributed by atoms with E-state index in [9.17, 15) is 4.39 Å². The van der Waals surface area contributed by atoms with Gasteiger partial charge < -0.3 is 4.74 Å². The molecular weight excluding hydrogens is 476 g/mol. The van der Waals surface area contributed by atoms with Crippen molar-refractivity contribution >= 4 is 0 Å². The lowest BCUT2D eigenvalue weighted by Crippen LogP contribution is -2.26. The number of hydrogen-bond donors (Lipinski definition) is 0. The number of aryl methyl sites for hydroxylation is 2. The van der Waals surface area contributed by atoms with E-state index in [4.69, 9.17) is 4.74 Å². The molecule has 0 spiro atoms. The summed E-state index contributed by atoms with van der Waals surface area (Å²) >= 11 is 0. The van der Waals surface area contributed by atoms with Gasteiger partial charge in [0.05, 0.1) is 6.10 Å². The number of rotatable bonds is 10. The Morgan fingerprint density at radius 3 is 2.08 bits per heavy atom. The van der Waals surface area contributed by atoms with Crippen molar-refractivity contribution in [2.24, 2.45) is 5.92 Å². The molecule has 0 radical (unpaired) electrons. The van der Waals surface area contributed by atoms with E-state index in [0.717, 1.165) is 44.1 Å². The molecule has 2 unspecified atom stereocenters. The maximum Gasteiger partial charge on any atom is 0.167 e. The van der Waals surface area contributed by atoms with E-state index in [-0.39, 0.29) is 34.3 Å². The summed E-state index contributed by atoms with van der Waals surface area (Å²) in [6.45, 7) is 6.42. The van der Waals surface area contributed by atoms with Crippen molar-refractivity contribution in [3.8, 4) is 22.3 Å². The van der Waals surface area contributed by atoms with Crippen LogP contribution < -0.4 is 0 Å². The molecule has 4 rings (SSSR count). The highest BCUT2D eigenvalue weighted by Crippen LogP contribution is 2.35. The minimum Gasteiger partial charge on any atom is -0.378 e. The molecule has 37 heavy (non-hydrogen) atoms. The van der Waals surface area contributed by atoms with Crippen LogP contribution in [-0.4, -0.2) is 12.7 Å². The molecule has 1 fully saturated rings. The molecule has 0 N–H and O–H groups in total. The minimum atomic E-state index is -1.19. The first-order chi connectivity index (χ1) is 17.9. The summed E-state index contributed by atoms with van der Waals surface area (Å²) in [6.07, 6.45) is 8.89. The standard InChI is InChI=1S/C32H34F4O/c1-3-5-7-25-16-11-22(20-37-25)10-14-24-15-17-27(31(35)29(24)33)28-19-18-26(30(34)32(28)36)23-12-8-21(6-4-2)9-13-23/h3,8-9,12-13,15,17-19,22,25H,1,4-7,10-11,14,16,20H2,2H3. The van der Waals surface area contributed by atoms with Gasteiger partial charge in [0, 0.05) is 23.3 Å². The lowest BCUT2D eigenvalue weighted by molar-refractivity contribution is -0.0210. The summed E-state index contributed by atoms with van der Waals surface area (Å²) in [6, 6.07) is 12.8. The summed E-state index contributed by atoms with van der Waals surface area (Å²) in [5, 5.41) is 0. The quantitative estimate of drug-likeness (QED) is 0.195. The predicted octanol–water partition coefficient (Wildman–Crippen LogP) is 9.22. The van der Waals surface area contributed by atoms with Crippen LogP contribution in [0.1, 0.15) is 56.6 Å². The Balaban J connectivity index is 1.47. The van der Waals surface area contributed by atoms with E-state index in [2.05, 4.69) is 13.5 Å². The molecule has 1 aliphatic heterocycles. The van der Waals surface area contributed by atoms with Gasteiger partial charge in [-0.15, -0.1) is 6.58 Å². The second-order valence-electron chi connectivity index (χ2n) is 9.94. The fraction of sp³-hybridized carbons (Fsp3) is 0.375. The largest absolute Gasteiger partial charge is 0.378 e. The van der Waals surface area contributed by atoms with Crippen LogP contribution >= 0.6 is 0 Å². The van der Waals surface area contributed by atoms with Crippen LogP contribution in [0.4, 0.5) is 17.6 Å². The zero-order chi connectivity index (χ0) is 26.4. The molecule has 1 saturated heterocycles. The van der Waals surface area contributed by atoms with Crippen molar-refractivity contribution in [3.63, 3.8) is 0 Å². The van der Waals surface area contributed by atoms with Crippen LogP contribution in [0.3, 0.4) is 0 Å². The Labute approximate surface area is 217 Å². The molecule has 2 atom stereocenters. The molecule has 1 heterocycles. The Kier molecular flexibility index (Phi) is 9.20. The summed E-state index contributed by atoms with van der Waals surface area (Å²) in [4.78, 5) is 0. The van der Waals surface area contributed by atoms with E-state index < -0.39 is 23.3 Å². The Morgan fingerprint density at radius 1 is 0.784 bits per heavy atom. The van der Waals surface area contributed by atoms with Crippen LogP contribution in [0.25, 0.3) is 22.3 Å². The van der Waals surface area contributed by atoms with Crippen molar-refractivity contribution in [2.75, 3.05) is 6.61 Å². The van der Waals surface area contributed by atoms with Crippen LogP contribution in [0.15, 0.2) is 61.2 Å². The van der Waals surface area contributed by atoms with Crippen molar-refractivity contribution in [1.82, 2.24) is 0 Å². The zero-order valence-corrected chi connectivity index (χ0v) is 21.3. The third-order valence-electron chi connectivity index (χ3n) is 7.32. The molecule has 196 valence electrons. The fourth-order valence-electron chi connectivity index (χ4n) is 5.09. The smallest absolute Gasteiger partial charge is 0.167 e. The predicted molar refractivity (Wildman–Crippen MR) is 141 cm³/mol. The van der Waals surface area contributed by atoms with Crippen molar-refractivity contribution in [3.05, 3.63) is 95.6 Å². The molecule has 3 aromatic carbocycles. The van der Waals surface area contributed by atoms with Gasteiger partial charge in [-0.25, -0.2) is 17.6 Å². The van der Waals surface area contributed by atoms with Gasteiger partial charge in [-0.1, -0.05) is 68.0 Å². The summed E-state index contributed by atoms with van der Waals surface area (Å²) in [5.41, 5.74) is 1.39. The van der Waals surface area contributed by atoms with Gasteiger partial charge >= 0.3 is 0 Å². The van der Waals surface area contributed by atoms with Crippen LogP contribution in [0.2, 0.25) is 0 Å². The highest BCUT2D eigenvalue weighted by Gasteiger charge is 2.24. The first kappa shape index (κ1) is 27.1. The van der Waals surface area contributed by atoms with Gasteiger partial charge in [0.15, 0.2) is 23.3 Å². The monoisotopic (exact) mass is 510 g/mol. The Morgan fingerprint density at radius 2 is 1.43 bits per heavy atom. The average Bonchev–Trinajstić information content (AvgIpc) is 2.91. The topological polar surface area (TPSA) is 9.23 Å². The molecule has 0 bridgehead atoms. The Hall–Kier alpha value is -2.92. The lowest BCUT2D eigenvalue weighted by atomic mass is 9.90. The summed E-state index contributed by atoms with van der Waals surface area (Å²) in [7, 11) is 0. The first-order valence-corrected chi connectivity index (χ1v) is 13.2. The normalized spacial score (nSPS) is 17.6. The molecule has 1 aliphatic rings. The second kappa shape index (κ2) is 12.6. The number of hydrogen-bond acceptors (Lipinski definition) is 1. The summed E-state index contributed by atoms with van der Waals surface area (Å²) < 4.78 is 66.0. The van der Waals surface area contributed by atoms with Crippen LogP contribution in [0, 0.1) is 29.2 Å². The molecule has 1 nitrogen and oxygen atoms in total. The third-order valence-corrected chi connectivity index (χ3v) is 7.32. The SMILES string of the molecule is C=CCCC1CCC(CCc2ccc(-c3ccc(-c4ccc(CCC)cc4)c(F)c3F)c(F)c2F)CO1. The van der Waals surface area contributed by atoms with Gasteiger partial charge in [-0.05, 0) is 67.6 Å². The van der Waals surface area contributed by atoms with Gasteiger partial charge in [0.1, 0.15) is 0 Å². The average molecular weight is 511 g/mol. The highest BCUT2D eigenvalue weighted by atomic mass is 19.2. The number of benzene rings is 3. The molecule has 0 saturated carbocycles. The number of ether oxygens (including phenoxy) is 1. The summed E-state index contributed by atoms with van der Waals surface area (Å²) in [5.74, 6) is -4.14. The Bertz CT molecular complexity index is 1210. The minimum absolute atomic E-state index is 0.0863. The van der Waals surface area contributed by atoms with E-state index >= 15 is 13.2 Å². The lowest BCUT2D eigenvalue weighted by Gasteiger charge is -2.29. The van der Waals surface area contributed by atoms with Crippen LogP contribution in [0.5, 0.6) is 0 Å². The second-order valence-corrected chi connectivity index (χ2v) is 9.94. The fourth-order valence-corrected chi connectivity index (χ4v) is 5.09. The van der Waals surface area contributed by atoms with Crippen molar-refractivity contribution in [1.29, 1.82) is 0 Å². The molecule has 0 aromatic heterocycles.